The summed E-state index contributed by atoms with van der Waals surface area (Å²) in [5.74, 6) is 1.63. The molecule has 1 unspecified atom stereocenters. The molecule has 3 aliphatic rings. The number of nitrogens with one attached hydrogen (secondary N) is 1. The van der Waals surface area contributed by atoms with E-state index in [2.05, 4.69) is 5.32 Å². The molecule has 2 heteroatoms. The first-order valence-electron chi connectivity index (χ1n) is 5.58. The van der Waals surface area contributed by atoms with Crippen molar-refractivity contribution in [2.75, 3.05) is 6.54 Å². The molecule has 1 N–H and O–H groups in total. The Morgan fingerprint density at radius 3 is 2.69 bits per heavy atom. The van der Waals surface area contributed by atoms with Crippen LogP contribution in [0.3, 0.4) is 0 Å². The van der Waals surface area contributed by atoms with E-state index < -0.39 is 0 Å². The van der Waals surface area contributed by atoms with Crippen LogP contribution in [0.5, 0.6) is 0 Å². The zero-order valence-electron chi connectivity index (χ0n) is 8.01. The SMILES string of the molecule is O=C1NCC2(CCC2)C1CC1CC1. The van der Waals surface area contributed by atoms with Crippen molar-refractivity contribution >= 4 is 5.91 Å². The Morgan fingerprint density at radius 2 is 2.15 bits per heavy atom. The third kappa shape index (κ3) is 1.11. The number of hydrogen-bond donors (Lipinski definition) is 1. The smallest absolute Gasteiger partial charge is 0.223 e. The van der Waals surface area contributed by atoms with E-state index in [1.165, 1.54) is 38.5 Å². The van der Waals surface area contributed by atoms with E-state index in [0.717, 1.165) is 12.5 Å². The standard InChI is InChI=1S/C11H17NO/c13-10-9(6-8-2-3-8)11(7-12-10)4-1-5-11/h8-9H,1-7H2,(H,12,13). The number of hydrogen-bond acceptors (Lipinski definition) is 1. The van der Waals surface area contributed by atoms with Crippen molar-refractivity contribution < 1.29 is 4.79 Å². The van der Waals surface area contributed by atoms with Crippen LogP contribution in [0.1, 0.15) is 38.5 Å². The molecule has 3 rings (SSSR count). The Hall–Kier alpha value is -0.530. The molecule has 0 aromatic heterocycles. The lowest BCUT2D eigenvalue weighted by molar-refractivity contribution is -0.125. The zero-order valence-corrected chi connectivity index (χ0v) is 8.01. The molecule has 2 nitrogen and oxygen atoms in total. The summed E-state index contributed by atoms with van der Waals surface area (Å²) in [6.45, 7) is 0.975. The van der Waals surface area contributed by atoms with Crippen LogP contribution >= 0.6 is 0 Å². The Morgan fingerprint density at radius 1 is 1.38 bits per heavy atom. The van der Waals surface area contributed by atoms with Crippen LogP contribution in [0.15, 0.2) is 0 Å². The van der Waals surface area contributed by atoms with Crippen molar-refractivity contribution in [2.24, 2.45) is 17.3 Å². The van der Waals surface area contributed by atoms with E-state index in [1.807, 2.05) is 0 Å². The van der Waals surface area contributed by atoms with E-state index in [-0.39, 0.29) is 0 Å². The average molecular weight is 179 g/mol. The molecule has 72 valence electrons. The molecule has 3 fully saturated rings. The summed E-state index contributed by atoms with van der Waals surface area (Å²) >= 11 is 0. The van der Waals surface area contributed by atoms with E-state index in [1.54, 1.807) is 0 Å². The van der Waals surface area contributed by atoms with Gasteiger partial charge >= 0.3 is 0 Å². The predicted molar refractivity (Wildman–Crippen MR) is 50.1 cm³/mol. The molecule has 0 bridgehead atoms. The third-order valence-corrected chi connectivity index (χ3v) is 4.29. The number of carbonyl (C=O) groups excluding carboxylic acids is 1. The van der Waals surface area contributed by atoms with Gasteiger partial charge in [-0.15, -0.1) is 0 Å². The summed E-state index contributed by atoms with van der Waals surface area (Å²) in [6.07, 6.45) is 7.87. The van der Waals surface area contributed by atoms with Crippen LogP contribution in [-0.2, 0) is 4.79 Å². The highest BCUT2D eigenvalue weighted by molar-refractivity contribution is 5.82. The molecule has 1 saturated heterocycles. The fourth-order valence-corrected chi connectivity index (χ4v) is 2.99. The van der Waals surface area contributed by atoms with Gasteiger partial charge in [0.1, 0.15) is 0 Å². The van der Waals surface area contributed by atoms with Gasteiger partial charge in [-0.05, 0) is 30.6 Å². The molecule has 1 aliphatic heterocycles. The van der Waals surface area contributed by atoms with Gasteiger partial charge in [0.15, 0.2) is 0 Å². The minimum atomic E-state index is 0.353. The molecule has 0 radical (unpaired) electrons. The van der Waals surface area contributed by atoms with Crippen LogP contribution < -0.4 is 5.32 Å². The number of rotatable bonds is 2. The maximum atomic E-state index is 11.6. The number of carbonyl (C=O) groups is 1. The van der Waals surface area contributed by atoms with Gasteiger partial charge < -0.3 is 5.32 Å². The van der Waals surface area contributed by atoms with Crippen molar-refractivity contribution in [3.8, 4) is 0 Å². The lowest BCUT2D eigenvalue weighted by atomic mass is 9.61. The average Bonchev–Trinajstić information content (AvgIpc) is 2.77. The summed E-state index contributed by atoms with van der Waals surface area (Å²) in [4.78, 5) is 11.6. The lowest BCUT2D eigenvalue weighted by Gasteiger charge is -2.41. The van der Waals surface area contributed by atoms with Crippen molar-refractivity contribution in [3.63, 3.8) is 0 Å². The van der Waals surface area contributed by atoms with Crippen LogP contribution in [0.4, 0.5) is 0 Å². The first-order valence-corrected chi connectivity index (χ1v) is 5.58. The molecule has 2 aliphatic carbocycles. The summed E-state index contributed by atoms with van der Waals surface area (Å²) in [5.41, 5.74) is 0.416. The van der Waals surface area contributed by atoms with Crippen molar-refractivity contribution in [2.45, 2.75) is 38.5 Å². The Balaban J connectivity index is 1.75. The largest absolute Gasteiger partial charge is 0.355 e. The Labute approximate surface area is 79.1 Å². The van der Waals surface area contributed by atoms with Gasteiger partial charge in [-0.25, -0.2) is 0 Å². The second-order valence-electron chi connectivity index (χ2n) is 5.17. The molecule has 2 saturated carbocycles. The van der Waals surface area contributed by atoms with E-state index in [9.17, 15) is 4.79 Å². The highest BCUT2D eigenvalue weighted by Gasteiger charge is 2.52. The normalized spacial score (nSPS) is 36.0. The molecule has 1 spiro atoms. The first kappa shape index (κ1) is 7.84. The lowest BCUT2D eigenvalue weighted by Crippen LogP contribution is -2.37. The van der Waals surface area contributed by atoms with Crippen LogP contribution in [0.2, 0.25) is 0 Å². The summed E-state index contributed by atoms with van der Waals surface area (Å²) in [7, 11) is 0. The van der Waals surface area contributed by atoms with Crippen LogP contribution in [0.25, 0.3) is 0 Å². The highest BCUT2D eigenvalue weighted by Crippen LogP contribution is 2.53. The Kier molecular flexibility index (Phi) is 1.50. The molecule has 13 heavy (non-hydrogen) atoms. The fourth-order valence-electron chi connectivity index (χ4n) is 2.99. The zero-order chi connectivity index (χ0) is 8.89. The van der Waals surface area contributed by atoms with E-state index >= 15 is 0 Å². The molecule has 1 heterocycles. The van der Waals surface area contributed by atoms with Crippen LogP contribution in [0, 0.1) is 17.3 Å². The van der Waals surface area contributed by atoms with Crippen molar-refractivity contribution in [1.29, 1.82) is 0 Å². The van der Waals surface area contributed by atoms with E-state index in [0.29, 0.717) is 17.2 Å². The second-order valence-corrected chi connectivity index (χ2v) is 5.17. The van der Waals surface area contributed by atoms with Crippen LogP contribution in [-0.4, -0.2) is 12.5 Å². The Bertz CT molecular complexity index is 240. The summed E-state index contributed by atoms with van der Waals surface area (Å²) < 4.78 is 0. The van der Waals surface area contributed by atoms with Gasteiger partial charge in [0.05, 0.1) is 0 Å². The van der Waals surface area contributed by atoms with Gasteiger partial charge in [0.25, 0.3) is 0 Å². The molecular weight excluding hydrogens is 162 g/mol. The van der Waals surface area contributed by atoms with Gasteiger partial charge in [-0.2, -0.15) is 0 Å². The second kappa shape index (κ2) is 2.49. The fraction of sp³-hybridized carbons (Fsp3) is 0.909. The maximum absolute atomic E-state index is 11.6. The number of amides is 1. The highest BCUT2D eigenvalue weighted by atomic mass is 16.2. The quantitative estimate of drug-likeness (QED) is 0.687. The summed E-state index contributed by atoms with van der Waals surface area (Å²) in [6, 6.07) is 0. The third-order valence-electron chi connectivity index (χ3n) is 4.29. The molecular formula is C11H17NO. The first-order chi connectivity index (χ1) is 6.30. The van der Waals surface area contributed by atoms with Crippen molar-refractivity contribution in [3.05, 3.63) is 0 Å². The maximum Gasteiger partial charge on any atom is 0.223 e. The van der Waals surface area contributed by atoms with Gasteiger partial charge in [0, 0.05) is 12.5 Å². The molecule has 1 atom stereocenters. The van der Waals surface area contributed by atoms with Gasteiger partial charge in [0.2, 0.25) is 5.91 Å². The van der Waals surface area contributed by atoms with Gasteiger partial charge in [-0.3, -0.25) is 4.79 Å². The molecule has 0 aromatic carbocycles. The summed E-state index contributed by atoms with van der Waals surface area (Å²) in [5, 5.41) is 3.06. The van der Waals surface area contributed by atoms with E-state index in [4.69, 9.17) is 0 Å². The monoisotopic (exact) mass is 179 g/mol. The minimum absolute atomic E-state index is 0.353. The predicted octanol–water partition coefficient (Wildman–Crippen LogP) is 1.70. The topological polar surface area (TPSA) is 29.1 Å². The van der Waals surface area contributed by atoms with Crippen molar-refractivity contribution in [1.82, 2.24) is 5.32 Å². The molecule has 0 aromatic rings. The molecule has 1 amide bonds. The van der Waals surface area contributed by atoms with Gasteiger partial charge in [-0.1, -0.05) is 19.3 Å². The minimum Gasteiger partial charge on any atom is -0.355 e.